The molecule has 0 saturated carbocycles. The van der Waals surface area contributed by atoms with E-state index >= 15 is 0 Å². The summed E-state index contributed by atoms with van der Waals surface area (Å²) >= 11 is 0. The van der Waals surface area contributed by atoms with Crippen molar-refractivity contribution in [1.82, 2.24) is 14.7 Å². The first kappa shape index (κ1) is 13.2. The molecule has 0 radical (unpaired) electrons. The van der Waals surface area contributed by atoms with Crippen LogP contribution < -0.4 is 5.32 Å². The molecular weight excluding hydrogens is 248 g/mol. The summed E-state index contributed by atoms with van der Waals surface area (Å²) in [5, 5.41) is 7.83. The zero-order valence-electron chi connectivity index (χ0n) is 12.0. The van der Waals surface area contributed by atoms with Crippen LogP contribution in [0.1, 0.15) is 19.3 Å². The normalized spacial score (nSPS) is 19.9. The van der Waals surface area contributed by atoms with Gasteiger partial charge in [-0.3, -0.25) is 0 Å². The van der Waals surface area contributed by atoms with Crippen LogP contribution >= 0.6 is 0 Å². The molecule has 0 amide bonds. The van der Waals surface area contributed by atoms with E-state index in [-0.39, 0.29) is 0 Å². The van der Waals surface area contributed by atoms with Crippen LogP contribution in [0.2, 0.25) is 0 Å². The Balaban J connectivity index is 1.64. The lowest BCUT2D eigenvalue weighted by Crippen LogP contribution is -2.40. The summed E-state index contributed by atoms with van der Waals surface area (Å²) in [4.78, 5) is 2.47. The third kappa shape index (κ3) is 3.02. The molecule has 0 spiro atoms. The topological polar surface area (TPSA) is 33.1 Å². The Morgan fingerprint density at radius 2 is 2.25 bits per heavy atom. The number of anilines is 1. The molecule has 1 N–H and O–H groups in total. The zero-order valence-corrected chi connectivity index (χ0v) is 12.0. The molecule has 4 nitrogen and oxygen atoms in total. The highest BCUT2D eigenvalue weighted by Gasteiger charge is 2.18. The molecule has 0 bridgehead atoms. The van der Waals surface area contributed by atoms with E-state index in [0.29, 0.717) is 6.04 Å². The highest BCUT2D eigenvalue weighted by atomic mass is 15.3. The average Bonchev–Trinajstić information content (AvgIpc) is 3.01. The highest BCUT2D eigenvalue weighted by Crippen LogP contribution is 2.17. The molecule has 1 atom stereocenters. The van der Waals surface area contributed by atoms with Crippen LogP contribution in [-0.2, 0) is 0 Å². The summed E-state index contributed by atoms with van der Waals surface area (Å²) in [6, 6.07) is 11.0. The summed E-state index contributed by atoms with van der Waals surface area (Å²) in [6.45, 7) is 2.23. The molecule has 2 heterocycles. The number of benzene rings is 1. The molecule has 2 aromatic rings. The van der Waals surface area contributed by atoms with Gasteiger partial charge in [0.15, 0.2) is 0 Å². The Morgan fingerprint density at radius 1 is 1.30 bits per heavy atom. The van der Waals surface area contributed by atoms with Crippen molar-refractivity contribution in [2.45, 2.75) is 25.3 Å². The predicted octanol–water partition coefficient (Wildman–Crippen LogP) is 2.77. The molecule has 4 heteroatoms. The number of likely N-dealkylation sites (N-methyl/N-ethyl adjacent to an activating group) is 1. The van der Waals surface area contributed by atoms with E-state index in [1.807, 2.05) is 16.9 Å². The summed E-state index contributed by atoms with van der Waals surface area (Å²) < 4.78 is 1.89. The van der Waals surface area contributed by atoms with E-state index in [2.05, 4.69) is 46.6 Å². The van der Waals surface area contributed by atoms with Gasteiger partial charge in [0.25, 0.3) is 0 Å². The maximum Gasteiger partial charge on any atom is 0.0666 e. The molecule has 1 fully saturated rings. The molecule has 1 aromatic carbocycles. The van der Waals surface area contributed by atoms with Gasteiger partial charge in [-0.05, 0) is 50.7 Å². The molecule has 1 aliphatic heterocycles. The van der Waals surface area contributed by atoms with Crippen molar-refractivity contribution < 1.29 is 0 Å². The van der Waals surface area contributed by atoms with Crippen LogP contribution in [0.3, 0.4) is 0 Å². The zero-order chi connectivity index (χ0) is 13.8. The van der Waals surface area contributed by atoms with Gasteiger partial charge in [0.2, 0.25) is 0 Å². The van der Waals surface area contributed by atoms with Crippen LogP contribution in [0.15, 0.2) is 42.7 Å². The Bertz CT molecular complexity index is 535. The Hall–Kier alpha value is -1.81. The lowest BCUT2D eigenvalue weighted by Gasteiger charge is -2.32. The minimum absolute atomic E-state index is 0.650. The van der Waals surface area contributed by atoms with Crippen LogP contribution in [0.4, 0.5) is 5.69 Å². The van der Waals surface area contributed by atoms with E-state index in [1.165, 1.54) is 25.8 Å². The van der Waals surface area contributed by atoms with Crippen LogP contribution in [0, 0.1) is 0 Å². The van der Waals surface area contributed by atoms with Crippen molar-refractivity contribution in [3.8, 4) is 5.69 Å². The predicted molar refractivity (Wildman–Crippen MR) is 82.3 cm³/mol. The fourth-order valence-electron chi connectivity index (χ4n) is 2.82. The van der Waals surface area contributed by atoms with Crippen LogP contribution in [0.25, 0.3) is 5.69 Å². The number of likely N-dealkylation sites (tertiary alicyclic amines) is 1. The first-order valence-corrected chi connectivity index (χ1v) is 7.37. The third-order valence-electron chi connectivity index (χ3n) is 4.08. The molecule has 3 rings (SSSR count). The number of hydrogen-bond acceptors (Lipinski definition) is 3. The molecule has 106 valence electrons. The quantitative estimate of drug-likeness (QED) is 0.927. The number of piperidine rings is 1. The van der Waals surface area contributed by atoms with Gasteiger partial charge in [-0.1, -0.05) is 12.5 Å². The monoisotopic (exact) mass is 270 g/mol. The second kappa shape index (κ2) is 6.09. The Kier molecular flexibility index (Phi) is 4.02. The standard InChI is InChI=1S/C16H22N4/c1-19-10-3-2-7-16(19)13-17-14-6-4-8-15(12-14)20-11-5-9-18-20/h4-6,8-9,11-12,16-17H,2-3,7,10,13H2,1H3. The SMILES string of the molecule is CN1CCCCC1CNc1cccc(-n2cccn2)c1. The number of rotatable bonds is 4. The Morgan fingerprint density at radius 3 is 3.05 bits per heavy atom. The molecule has 1 aliphatic rings. The number of nitrogens with one attached hydrogen (secondary N) is 1. The molecule has 1 aromatic heterocycles. The second-order valence-corrected chi connectivity index (χ2v) is 5.51. The number of nitrogens with zero attached hydrogens (tertiary/aromatic N) is 3. The second-order valence-electron chi connectivity index (χ2n) is 5.51. The summed E-state index contributed by atoms with van der Waals surface area (Å²) in [5.41, 5.74) is 2.26. The van der Waals surface area contributed by atoms with Crippen LogP contribution in [-0.4, -0.2) is 40.9 Å². The fourth-order valence-corrected chi connectivity index (χ4v) is 2.82. The van der Waals surface area contributed by atoms with Crippen molar-refractivity contribution in [1.29, 1.82) is 0 Å². The highest BCUT2D eigenvalue weighted by molar-refractivity contribution is 5.50. The van der Waals surface area contributed by atoms with E-state index in [4.69, 9.17) is 0 Å². The lowest BCUT2D eigenvalue weighted by molar-refractivity contribution is 0.194. The molecule has 1 unspecified atom stereocenters. The first-order chi connectivity index (χ1) is 9.83. The van der Waals surface area contributed by atoms with Gasteiger partial charge >= 0.3 is 0 Å². The molecule has 20 heavy (non-hydrogen) atoms. The van der Waals surface area contributed by atoms with Crippen molar-refractivity contribution in [3.63, 3.8) is 0 Å². The van der Waals surface area contributed by atoms with Crippen molar-refractivity contribution in [2.24, 2.45) is 0 Å². The summed E-state index contributed by atoms with van der Waals surface area (Å²) in [6.07, 6.45) is 7.75. The van der Waals surface area contributed by atoms with Crippen molar-refractivity contribution in [3.05, 3.63) is 42.7 Å². The Labute approximate surface area is 120 Å². The van der Waals surface area contributed by atoms with E-state index < -0.39 is 0 Å². The molecule has 1 saturated heterocycles. The van der Waals surface area contributed by atoms with E-state index in [1.54, 1.807) is 6.20 Å². The van der Waals surface area contributed by atoms with Gasteiger partial charge in [-0.15, -0.1) is 0 Å². The third-order valence-corrected chi connectivity index (χ3v) is 4.08. The minimum Gasteiger partial charge on any atom is -0.383 e. The first-order valence-electron chi connectivity index (χ1n) is 7.37. The summed E-state index contributed by atoms with van der Waals surface area (Å²) in [7, 11) is 2.23. The minimum atomic E-state index is 0.650. The van der Waals surface area contributed by atoms with Gasteiger partial charge in [0.05, 0.1) is 5.69 Å². The average molecular weight is 270 g/mol. The largest absolute Gasteiger partial charge is 0.383 e. The number of aromatic nitrogens is 2. The fraction of sp³-hybridized carbons (Fsp3) is 0.438. The van der Waals surface area contributed by atoms with Gasteiger partial charge in [0.1, 0.15) is 0 Å². The smallest absolute Gasteiger partial charge is 0.0666 e. The van der Waals surface area contributed by atoms with Crippen molar-refractivity contribution >= 4 is 5.69 Å². The maximum atomic E-state index is 4.27. The lowest BCUT2D eigenvalue weighted by atomic mass is 10.0. The van der Waals surface area contributed by atoms with Crippen molar-refractivity contribution in [2.75, 3.05) is 25.5 Å². The van der Waals surface area contributed by atoms with Gasteiger partial charge in [-0.25, -0.2) is 4.68 Å². The number of hydrogen-bond donors (Lipinski definition) is 1. The van der Waals surface area contributed by atoms with Gasteiger partial charge in [-0.2, -0.15) is 5.10 Å². The molecular formula is C16H22N4. The van der Waals surface area contributed by atoms with Gasteiger partial charge in [0, 0.05) is 30.7 Å². The van der Waals surface area contributed by atoms with Gasteiger partial charge < -0.3 is 10.2 Å². The van der Waals surface area contributed by atoms with E-state index in [0.717, 1.165) is 17.9 Å². The maximum absolute atomic E-state index is 4.27. The van der Waals surface area contributed by atoms with E-state index in [9.17, 15) is 0 Å². The van der Waals surface area contributed by atoms with Crippen LogP contribution in [0.5, 0.6) is 0 Å². The summed E-state index contributed by atoms with van der Waals surface area (Å²) in [5.74, 6) is 0. The molecule has 0 aliphatic carbocycles.